The first-order valence-corrected chi connectivity index (χ1v) is 22.5. The van der Waals surface area contributed by atoms with Gasteiger partial charge in [-0.3, -0.25) is 0 Å². The molecule has 0 radical (unpaired) electrons. The van der Waals surface area contributed by atoms with Crippen molar-refractivity contribution in [2.45, 2.75) is 74.0 Å². The molecule has 4 aliphatic heterocycles. The fourth-order valence-electron chi connectivity index (χ4n) is 8.59. The summed E-state index contributed by atoms with van der Waals surface area (Å²) in [5.41, 5.74) is 2.12. The summed E-state index contributed by atoms with van der Waals surface area (Å²) in [6.07, 6.45) is -15.3. The summed E-state index contributed by atoms with van der Waals surface area (Å²) < 4.78 is 70.8. The van der Waals surface area contributed by atoms with Crippen molar-refractivity contribution in [2.75, 3.05) is 13.2 Å². The van der Waals surface area contributed by atoms with Gasteiger partial charge in [0.2, 0.25) is 12.6 Å². The molecule has 0 aromatic heterocycles. The Morgan fingerprint density at radius 1 is 0.348 bits per heavy atom. The normalized spacial score (nSPS) is 28.4. The summed E-state index contributed by atoms with van der Waals surface area (Å²) in [6.45, 7) is -0.184. The van der Waals surface area contributed by atoms with Crippen LogP contribution in [0, 0.1) is 0 Å². The van der Waals surface area contributed by atoms with Crippen molar-refractivity contribution in [3.63, 3.8) is 0 Å². The Morgan fingerprint density at radius 2 is 0.623 bits per heavy atom. The third-order valence-electron chi connectivity index (χ3n) is 12.0. The summed E-state index contributed by atoms with van der Waals surface area (Å²) in [5.74, 6) is -3.13. The van der Waals surface area contributed by atoms with E-state index in [1.807, 2.05) is 60.7 Å². The Kier molecular flexibility index (Phi) is 13.9. The number of ether oxygens (including phenoxy) is 11. The number of fused-ring (bicyclic) bond motifs is 2. The molecule has 4 saturated heterocycles. The standard InChI is InChI=1S/C54H46O15/c55-47(33-19-7-1-8-20-33)63-43-41-39(31-59-51(67-41)37-27-15-5-16-28-37)61-53(45(43)65-49(57)35-23-11-3-12-24-35)69-54-46(66-50(58)36-25-13-4-14-26-36)44(64-48(56)34-21-9-2-10-22-34)42-40(62-54)32-60-52(68-42)38-29-17-6-18-30-38/h1-30,39-46,51-54H,31-32H2/t39-,40-,41-,42-,43+,44+,45-,46-,51-,52-,53-,54-/m1/s1. The fourth-order valence-corrected chi connectivity index (χ4v) is 8.59. The molecule has 0 bridgehead atoms. The largest absolute Gasteiger partial charge is 0.452 e. The highest BCUT2D eigenvalue weighted by molar-refractivity contribution is 5.91. The lowest BCUT2D eigenvalue weighted by molar-refractivity contribution is -0.409. The summed E-state index contributed by atoms with van der Waals surface area (Å²) in [6, 6.07) is 51.3. The number of esters is 4. The molecule has 0 unspecified atom stereocenters. The zero-order valence-corrected chi connectivity index (χ0v) is 36.8. The number of hydrogen-bond donors (Lipinski definition) is 0. The number of carbonyl (C=O) groups excluding carboxylic acids is 4. The van der Waals surface area contributed by atoms with Gasteiger partial charge in [-0.15, -0.1) is 0 Å². The monoisotopic (exact) mass is 934 g/mol. The Hall–Kier alpha value is -7.08. The van der Waals surface area contributed by atoms with Crippen LogP contribution in [0.2, 0.25) is 0 Å². The minimum Gasteiger partial charge on any atom is -0.452 e. The predicted octanol–water partition coefficient (Wildman–Crippen LogP) is 7.58. The zero-order valence-electron chi connectivity index (χ0n) is 36.8. The second kappa shape index (κ2) is 21.1. The molecular weight excluding hydrogens is 889 g/mol. The Labute approximate surface area is 396 Å². The molecule has 69 heavy (non-hydrogen) atoms. The van der Waals surface area contributed by atoms with Crippen LogP contribution >= 0.6 is 0 Å². The first-order chi connectivity index (χ1) is 33.9. The third-order valence-corrected chi connectivity index (χ3v) is 12.0. The minimum absolute atomic E-state index is 0.0919. The van der Waals surface area contributed by atoms with E-state index in [-0.39, 0.29) is 35.5 Å². The van der Waals surface area contributed by atoms with Crippen molar-refractivity contribution in [2.24, 2.45) is 0 Å². The van der Waals surface area contributed by atoms with E-state index >= 15 is 0 Å². The summed E-state index contributed by atoms with van der Waals surface area (Å²) in [5, 5.41) is 0. The molecule has 0 spiro atoms. The van der Waals surface area contributed by atoms with Crippen LogP contribution in [0.4, 0.5) is 0 Å². The molecule has 6 aromatic rings. The van der Waals surface area contributed by atoms with Crippen LogP contribution in [-0.2, 0) is 52.1 Å². The van der Waals surface area contributed by atoms with Crippen LogP contribution in [-0.4, -0.2) is 98.5 Å². The van der Waals surface area contributed by atoms with E-state index in [4.69, 9.17) is 52.1 Å². The van der Waals surface area contributed by atoms with Crippen molar-refractivity contribution in [1.82, 2.24) is 0 Å². The first-order valence-electron chi connectivity index (χ1n) is 22.5. The number of hydrogen-bond acceptors (Lipinski definition) is 15. The molecule has 12 atom stereocenters. The van der Waals surface area contributed by atoms with E-state index in [1.54, 1.807) is 121 Å². The Balaban J connectivity index is 1.04. The molecular formula is C54H46O15. The van der Waals surface area contributed by atoms with Gasteiger partial charge >= 0.3 is 23.9 Å². The van der Waals surface area contributed by atoms with Crippen LogP contribution in [0.5, 0.6) is 0 Å². The topological polar surface area (TPSA) is 170 Å². The lowest BCUT2D eigenvalue weighted by atomic mass is 9.95. The average Bonchev–Trinajstić information content (AvgIpc) is 3.41. The van der Waals surface area contributed by atoms with Crippen LogP contribution in [0.1, 0.15) is 65.1 Å². The van der Waals surface area contributed by atoms with E-state index in [9.17, 15) is 19.2 Å². The SMILES string of the molecule is O=C(O[C@@H]1[C@@H](OC(=O)c2ccccc2)[C@@H](O[C@H]2O[C@@H]3CO[C@@H](c4ccccc4)O[C@H]3[C@H](OC(=O)c3ccccc3)[C@H]2OC(=O)c2ccccc2)O[C@@H]2CO[C@@H](c3ccccc3)O[C@@H]12)c1ccccc1. The van der Waals surface area contributed by atoms with Gasteiger partial charge in [0.15, 0.2) is 37.0 Å². The third kappa shape index (κ3) is 10.4. The van der Waals surface area contributed by atoms with E-state index < -0.39 is 97.9 Å². The molecule has 15 nitrogen and oxygen atoms in total. The molecule has 4 aliphatic rings. The van der Waals surface area contributed by atoms with Gasteiger partial charge in [0, 0.05) is 11.1 Å². The zero-order chi connectivity index (χ0) is 47.1. The first kappa shape index (κ1) is 45.7. The van der Waals surface area contributed by atoms with Crippen molar-refractivity contribution >= 4 is 23.9 Å². The van der Waals surface area contributed by atoms with Crippen molar-refractivity contribution < 1.29 is 71.3 Å². The van der Waals surface area contributed by atoms with Gasteiger partial charge in [0.05, 0.1) is 35.5 Å². The molecule has 0 amide bonds. The predicted molar refractivity (Wildman–Crippen MR) is 241 cm³/mol. The lowest BCUT2D eigenvalue weighted by Crippen LogP contribution is -2.68. The summed E-state index contributed by atoms with van der Waals surface area (Å²) in [7, 11) is 0. The number of carbonyl (C=O) groups is 4. The Bertz CT molecular complexity index is 2480. The molecule has 0 aliphatic carbocycles. The van der Waals surface area contributed by atoms with Crippen LogP contribution in [0.15, 0.2) is 182 Å². The highest BCUT2D eigenvalue weighted by Crippen LogP contribution is 2.41. The maximum Gasteiger partial charge on any atom is 0.338 e. The van der Waals surface area contributed by atoms with Crippen molar-refractivity contribution in [3.05, 3.63) is 215 Å². The highest BCUT2D eigenvalue weighted by Gasteiger charge is 2.59. The molecule has 15 heteroatoms. The van der Waals surface area contributed by atoms with E-state index in [1.165, 1.54) is 0 Å². The average molecular weight is 935 g/mol. The molecule has 6 aromatic carbocycles. The maximum absolute atomic E-state index is 14.2. The van der Waals surface area contributed by atoms with Gasteiger partial charge < -0.3 is 52.1 Å². The molecule has 352 valence electrons. The number of benzene rings is 6. The van der Waals surface area contributed by atoms with Crippen LogP contribution in [0.25, 0.3) is 0 Å². The van der Waals surface area contributed by atoms with Crippen LogP contribution in [0.3, 0.4) is 0 Å². The molecule has 4 heterocycles. The maximum atomic E-state index is 14.2. The van der Waals surface area contributed by atoms with E-state index in [2.05, 4.69) is 0 Å². The second-order valence-electron chi connectivity index (χ2n) is 16.5. The quantitative estimate of drug-likeness (QED) is 0.0869. The van der Waals surface area contributed by atoms with Gasteiger partial charge in [-0.2, -0.15) is 0 Å². The molecule has 10 rings (SSSR count). The summed E-state index contributed by atoms with van der Waals surface area (Å²) in [4.78, 5) is 56.6. The van der Waals surface area contributed by atoms with Gasteiger partial charge in [-0.1, -0.05) is 133 Å². The second-order valence-corrected chi connectivity index (χ2v) is 16.5. The lowest BCUT2D eigenvalue weighted by Gasteiger charge is -2.51. The number of rotatable bonds is 12. The van der Waals surface area contributed by atoms with Gasteiger partial charge in [0.1, 0.15) is 24.4 Å². The van der Waals surface area contributed by atoms with E-state index in [0.29, 0.717) is 11.1 Å². The van der Waals surface area contributed by atoms with E-state index in [0.717, 1.165) is 0 Å². The van der Waals surface area contributed by atoms with Crippen molar-refractivity contribution in [3.8, 4) is 0 Å². The molecule has 0 saturated carbocycles. The smallest absolute Gasteiger partial charge is 0.338 e. The van der Waals surface area contributed by atoms with Gasteiger partial charge in [-0.25, -0.2) is 19.2 Å². The minimum atomic E-state index is -1.65. The molecule has 0 N–H and O–H groups in total. The molecule has 4 fully saturated rings. The van der Waals surface area contributed by atoms with Gasteiger partial charge in [-0.05, 0) is 48.5 Å². The highest BCUT2D eigenvalue weighted by atomic mass is 16.8. The fraction of sp³-hybridized carbons (Fsp3) is 0.259. The van der Waals surface area contributed by atoms with Gasteiger partial charge in [0.25, 0.3) is 0 Å². The summed E-state index contributed by atoms with van der Waals surface area (Å²) >= 11 is 0. The van der Waals surface area contributed by atoms with Crippen molar-refractivity contribution in [1.29, 1.82) is 0 Å². The Morgan fingerprint density at radius 3 is 0.928 bits per heavy atom. The van der Waals surface area contributed by atoms with Crippen LogP contribution < -0.4 is 0 Å².